The lowest BCUT2D eigenvalue weighted by atomic mass is 9.82. The van der Waals surface area contributed by atoms with Gasteiger partial charge in [-0.05, 0) is 62.2 Å². The number of esters is 1. The Morgan fingerprint density at radius 2 is 1.80 bits per heavy atom. The molecule has 1 unspecified atom stereocenters. The van der Waals surface area contributed by atoms with Crippen LogP contribution >= 0.6 is 0 Å². The molecule has 7 rings (SSSR count). The fourth-order valence-corrected chi connectivity index (χ4v) is 11.1. The summed E-state index contributed by atoms with van der Waals surface area (Å²) in [5.41, 5.74) is 1.29. The van der Waals surface area contributed by atoms with Crippen molar-refractivity contribution >= 4 is 36.7 Å². The number of benzene rings is 3. The monoisotopic (exact) mass is 750 g/mol. The first-order chi connectivity index (χ1) is 26.0. The third kappa shape index (κ3) is 6.67. The summed E-state index contributed by atoms with van der Waals surface area (Å²) in [5, 5.41) is 24.7. The third-order valence-electron chi connectivity index (χ3n) is 11.1. The van der Waals surface area contributed by atoms with E-state index in [2.05, 4.69) is 15.4 Å². The standard InChI is InChI=1S/C40H46N6O7Si/c1-26-37(54(3,4)51)35(19-21-44-24-33(42-43-44)31(25-47)27-12-6-5-7-13-27)53-40(26)32-22-29(46-38(49)30-15-9-8-14-28(30)23-41-46)17-18-34(32)45(39(40)50)20-11-10-16-36(48)52-2/h5-9,12-15,17-18,22-24,26,31,35,37,47,51H,10-11,16,19-21,25H2,1-4H3/t26-,31?,35+,37-,40+/m1/s1. The first kappa shape index (κ1) is 37.3. The molecular formula is C40H46N6O7Si. The summed E-state index contributed by atoms with van der Waals surface area (Å²) in [6.07, 6.45) is 4.73. The number of aliphatic hydroxyl groups is 1. The topological polar surface area (TPSA) is 162 Å². The minimum atomic E-state index is -2.98. The summed E-state index contributed by atoms with van der Waals surface area (Å²) in [4.78, 5) is 54.0. The zero-order chi connectivity index (χ0) is 38.2. The van der Waals surface area contributed by atoms with Crippen molar-refractivity contribution in [1.29, 1.82) is 0 Å². The number of nitrogens with zero attached hydrogens (tertiary/aromatic N) is 6. The van der Waals surface area contributed by atoms with Gasteiger partial charge in [-0.15, -0.1) is 5.10 Å². The minimum Gasteiger partial charge on any atom is -0.469 e. The summed E-state index contributed by atoms with van der Waals surface area (Å²) in [6.45, 7) is 6.36. The number of hydrogen-bond donors (Lipinski definition) is 2. The maximum Gasteiger partial charge on any atom is 0.305 e. The second-order valence-electron chi connectivity index (χ2n) is 14.8. The molecule has 13 nitrogen and oxygen atoms in total. The summed E-state index contributed by atoms with van der Waals surface area (Å²) in [5.74, 6) is -1.30. The van der Waals surface area contributed by atoms with E-state index in [-0.39, 0.29) is 41.9 Å². The Balaban J connectivity index is 1.24. The van der Waals surface area contributed by atoms with Crippen LogP contribution in [-0.4, -0.2) is 81.2 Å². The highest BCUT2D eigenvalue weighted by molar-refractivity contribution is 6.71. The molecule has 54 heavy (non-hydrogen) atoms. The summed E-state index contributed by atoms with van der Waals surface area (Å²) < 4.78 is 14.9. The molecule has 3 aromatic carbocycles. The molecule has 1 saturated heterocycles. The van der Waals surface area contributed by atoms with Crippen molar-refractivity contribution in [1.82, 2.24) is 24.8 Å². The first-order valence-electron chi connectivity index (χ1n) is 18.4. The zero-order valence-electron chi connectivity index (χ0n) is 31.0. The predicted molar refractivity (Wildman–Crippen MR) is 205 cm³/mol. The number of methoxy groups -OCH3 is 1. The fraction of sp³-hybridized carbons (Fsp3) is 0.400. The molecule has 2 aliphatic heterocycles. The van der Waals surface area contributed by atoms with Gasteiger partial charge in [-0.1, -0.05) is 60.7 Å². The molecule has 14 heteroatoms. The molecule has 1 fully saturated rings. The van der Waals surface area contributed by atoms with Crippen LogP contribution in [0.25, 0.3) is 16.5 Å². The molecule has 4 heterocycles. The highest BCUT2D eigenvalue weighted by Gasteiger charge is 2.66. The van der Waals surface area contributed by atoms with Crippen molar-refractivity contribution in [2.45, 2.75) is 75.4 Å². The number of aryl methyl sites for hydroxylation is 1. The Hall–Kier alpha value is -5.02. The van der Waals surface area contributed by atoms with Crippen LogP contribution in [0.4, 0.5) is 5.69 Å². The lowest BCUT2D eigenvalue weighted by molar-refractivity contribution is -0.146. The number of anilines is 1. The summed E-state index contributed by atoms with van der Waals surface area (Å²) >= 11 is 0. The predicted octanol–water partition coefficient (Wildman–Crippen LogP) is 4.68. The van der Waals surface area contributed by atoms with Crippen molar-refractivity contribution in [3.63, 3.8) is 0 Å². The molecular weight excluding hydrogens is 705 g/mol. The van der Waals surface area contributed by atoms with Gasteiger partial charge < -0.3 is 24.3 Å². The molecule has 0 radical (unpaired) electrons. The van der Waals surface area contributed by atoms with Gasteiger partial charge in [0.05, 0.1) is 54.4 Å². The number of aliphatic hydroxyl groups excluding tert-OH is 1. The van der Waals surface area contributed by atoms with E-state index in [9.17, 15) is 24.3 Å². The maximum absolute atomic E-state index is 14.9. The molecule has 0 aliphatic carbocycles. The van der Waals surface area contributed by atoms with Gasteiger partial charge in [-0.2, -0.15) is 9.78 Å². The van der Waals surface area contributed by atoms with Crippen molar-refractivity contribution in [3.8, 4) is 5.69 Å². The van der Waals surface area contributed by atoms with E-state index >= 15 is 0 Å². The molecule has 0 bridgehead atoms. The number of unbranched alkanes of at least 4 members (excludes halogenated alkanes) is 1. The lowest BCUT2D eigenvalue weighted by Gasteiger charge is -2.32. The van der Waals surface area contributed by atoms with Crippen LogP contribution in [-0.2, 0) is 31.2 Å². The highest BCUT2D eigenvalue weighted by Crippen LogP contribution is 2.60. The Morgan fingerprint density at radius 1 is 1.04 bits per heavy atom. The van der Waals surface area contributed by atoms with Gasteiger partial charge in [0.25, 0.3) is 11.5 Å². The molecule has 5 aromatic rings. The number of rotatable bonds is 13. The van der Waals surface area contributed by atoms with Crippen LogP contribution in [0.2, 0.25) is 18.6 Å². The minimum absolute atomic E-state index is 0.121. The second-order valence-corrected chi connectivity index (χ2v) is 18.8. The quantitative estimate of drug-likeness (QED) is 0.0983. The number of carbonyl (C=O) groups is 2. The Labute approximate surface area is 314 Å². The number of fused-ring (bicyclic) bond motifs is 3. The van der Waals surface area contributed by atoms with Crippen molar-refractivity contribution in [2.24, 2.45) is 5.92 Å². The molecule has 1 amide bonds. The van der Waals surface area contributed by atoms with Gasteiger partial charge in [-0.25, -0.2) is 0 Å². The largest absolute Gasteiger partial charge is 0.469 e. The third-order valence-corrected chi connectivity index (χ3v) is 13.6. The second kappa shape index (κ2) is 15.0. The Morgan fingerprint density at radius 3 is 2.54 bits per heavy atom. The number of amides is 1. The Bertz CT molecular complexity index is 2220. The SMILES string of the molecule is COC(=O)CCCCN1C(=O)[C@@]2(O[C@@H](CCn3cc(C(CO)c4ccccc4)nn3)[C@H]([Si](C)(C)O)[C@H]2C)c2cc(-n3ncc4ccccc4c3=O)ccc21. The van der Waals surface area contributed by atoms with E-state index in [4.69, 9.17) is 9.47 Å². The van der Waals surface area contributed by atoms with Crippen LogP contribution in [0.1, 0.15) is 55.3 Å². The molecule has 282 valence electrons. The van der Waals surface area contributed by atoms with E-state index in [1.807, 2.05) is 86.9 Å². The summed E-state index contributed by atoms with van der Waals surface area (Å²) in [7, 11) is -1.62. The smallest absolute Gasteiger partial charge is 0.305 e. The number of aromatic nitrogens is 5. The van der Waals surface area contributed by atoms with Crippen molar-refractivity contribution in [3.05, 3.63) is 112 Å². The lowest BCUT2D eigenvalue weighted by Crippen LogP contribution is -2.46. The highest BCUT2D eigenvalue weighted by atomic mass is 28.4. The molecule has 2 aromatic heterocycles. The number of ether oxygens (including phenoxy) is 2. The van der Waals surface area contributed by atoms with Gasteiger partial charge in [0, 0.05) is 48.1 Å². The van der Waals surface area contributed by atoms with Gasteiger partial charge >= 0.3 is 5.97 Å². The molecule has 0 saturated carbocycles. The van der Waals surface area contributed by atoms with Crippen molar-refractivity contribution < 1.29 is 29.0 Å². The zero-order valence-corrected chi connectivity index (χ0v) is 32.0. The number of carbonyl (C=O) groups excluding carboxylic acids is 2. The van der Waals surface area contributed by atoms with Crippen molar-refractivity contribution in [2.75, 3.05) is 25.2 Å². The van der Waals surface area contributed by atoms with Crippen LogP contribution in [0.3, 0.4) is 0 Å². The molecule has 5 atom stereocenters. The first-order valence-corrected chi connectivity index (χ1v) is 21.5. The molecule has 1 spiro atoms. The summed E-state index contributed by atoms with van der Waals surface area (Å²) in [6, 6.07) is 22.4. The Kier molecular flexibility index (Phi) is 10.4. The van der Waals surface area contributed by atoms with Crippen LogP contribution in [0, 0.1) is 5.92 Å². The van der Waals surface area contributed by atoms with Crippen LogP contribution < -0.4 is 10.5 Å². The van der Waals surface area contributed by atoms with Crippen LogP contribution in [0.15, 0.2) is 90.0 Å². The van der Waals surface area contributed by atoms with E-state index in [0.717, 1.165) is 10.9 Å². The average molecular weight is 751 g/mol. The van der Waals surface area contributed by atoms with Gasteiger partial charge in [0.1, 0.15) is 0 Å². The molecule has 2 N–H and O–H groups in total. The van der Waals surface area contributed by atoms with Crippen LogP contribution in [0.5, 0.6) is 0 Å². The molecule has 2 aliphatic rings. The van der Waals surface area contributed by atoms with E-state index in [1.165, 1.54) is 11.8 Å². The van der Waals surface area contributed by atoms with Gasteiger partial charge in [0.15, 0.2) is 13.9 Å². The van der Waals surface area contributed by atoms with E-state index in [1.54, 1.807) is 27.9 Å². The number of hydrogen-bond acceptors (Lipinski definition) is 10. The van der Waals surface area contributed by atoms with Gasteiger partial charge in [0.2, 0.25) is 0 Å². The normalized spacial score (nSPS) is 21.6. The van der Waals surface area contributed by atoms with E-state index in [0.29, 0.717) is 60.4 Å². The average Bonchev–Trinajstić information content (AvgIpc) is 3.83. The van der Waals surface area contributed by atoms with E-state index < -0.39 is 25.9 Å². The maximum atomic E-state index is 14.9. The fourth-order valence-electron chi connectivity index (χ4n) is 8.50. The van der Waals surface area contributed by atoms with Gasteiger partial charge in [-0.3, -0.25) is 19.1 Å².